The van der Waals surface area contributed by atoms with Gasteiger partial charge in [-0.1, -0.05) is 24.3 Å². The molecular weight excluding hydrogens is 298 g/mol. The average Bonchev–Trinajstić information content (AvgIpc) is 2.54. The summed E-state index contributed by atoms with van der Waals surface area (Å²) in [5, 5.41) is 16.2. The van der Waals surface area contributed by atoms with Gasteiger partial charge in [-0.2, -0.15) is 0 Å². The Morgan fingerprint density at radius 3 is 2.78 bits per heavy atom. The van der Waals surface area contributed by atoms with Gasteiger partial charge in [0, 0.05) is 29.9 Å². The number of carbonyl (C=O) groups excluding carboxylic acids is 2. The number of fused-ring (bicyclic) bond motifs is 1. The fourth-order valence-corrected chi connectivity index (χ4v) is 2.57. The van der Waals surface area contributed by atoms with E-state index < -0.39 is 10.8 Å². The van der Waals surface area contributed by atoms with Gasteiger partial charge in [-0.15, -0.1) is 0 Å². The number of rotatable bonds is 3. The molecule has 0 spiro atoms. The van der Waals surface area contributed by atoms with Crippen LogP contribution in [0.25, 0.3) is 0 Å². The molecule has 23 heavy (non-hydrogen) atoms. The number of carbonyl (C=O) groups is 2. The SMILES string of the molecule is O=C1CC(C(=O)Nc2cccc([N+](=O)[O-])c2)c2ccccc2N1. The third-order valence-corrected chi connectivity index (χ3v) is 3.64. The maximum Gasteiger partial charge on any atom is 0.271 e. The van der Waals surface area contributed by atoms with Crippen molar-refractivity contribution in [2.45, 2.75) is 12.3 Å². The molecule has 116 valence electrons. The summed E-state index contributed by atoms with van der Waals surface area (Å²) in [6.45, 7) is 0. The summed E-state index contributed by atoms with van der Waals surface area (Å²) in [5.41, 5.74) is 1.57. The van der Waals surface area contributed by atoms with Crippen molar-refractivity contribution in [2.75, 3.05) is 10.6 Å². The average molecular weight is 311 g/mol. The molecule has 0 radical (unpaired) electrons. The Balaban J connectivity index is 1.85. The standard InChI is InChI=1S/C16H13N3O4/c20-15-9-13(12-6-1-2-7-14(12)18-15)16(21)17-10-4-3-5-11(8-10)19(22)23/h1-8,13H,9H2,(H,17,21)(H,18,20). The third-order valence-electron chi connectivity index (χ3n) is 3.64. The van der Waals surface area contributed by atoms with Crippen molar-refractivity contribution in [1.29, 1.82) is 0 Å². The molecule has 3 rings (SSSR count). The normalized spacial score (nSPS) is 16.2. The highest BCUT2D eigenvalue weighted by Gasteiger charge is 2.30. The number of non-ortho nitro benzene ring substituents is 1. The van der Waals surface area contributed by atoms with E-state index in [0.717, 1.165) is 5.56 Å². The van der Waals surface area contributed by atoms with Gasteiger partial charge in [0.15, 0.2) is 0 Å². The fraction of sp³-hybridized carbons (Fsp3) is 0.125. The van der Waals surface area contributed by atoms with Crippen LogP contribution in [0.5, 0.6) is 0 Å². The van der Waals surface area contributed by atoms with E-state index in [0.29, 0.717) is 11.4 Å². The molecule has 0 saturated heterocycles. The maximum absolute atomic E-state index is 12.5. The van der Waals surface area contributed by atoms with E-state index >= 15 is 0 Å². The lowest BCUT2D eigenvalue weighted by Crippen LogP contribution is -2.30. The van der Waals surface area contributed by atoms with Gasteiger partial charge in [0.05, 0.1) is 10.8 Å². The number of amides is 2. The second-order valence-electron chi connectivity index (χ2n) is 5.19. The second kappa shape index (κ2) is 5.88. The minimum absolute atomic E-state index is 0.0395. The number of nitrogens with one attached hydrogen (secondary N) is 2. The number of anilines is 2. The Morgan fingerprint density at radius 2 is 2.00 bits per heavy atom. The zero-order valence-electron chi connectivity index (χ0n) is 12.0. The summed E-state index contributed by atoms with van der Waals surface area (Å²) in [6.07, 6.45) is 0.0395. The topological polar surface area (TPSA) is 101 Å². The molecule has 2 N–H and O–H groups in total. The molecule has 1 heterocycles. The molecule has 0 aromatic heterocycles. The predicted molar refractivity (Wildman–Crippen MR) is 84.2 cm³/mol. The first kappa shape index (κ1) is 14.7. The predicted octanol–water partition coefficient (Wildman–Crippen LogP) is 2.66. The van der Waals surface area contributed by atoms with E-state index in [-0.39, 0.29) is 23.9 Å². The van der Waals surface area contributed by atoms with Crippen molar-refractivity contribution in [3.05, 3.63) is 64.2 Å². The largest absolute Gasteiger partial charge is 0.326 e. The lowest BCUT2D eigenvalue weighted by molar-refractivity contribution is -0.384. The van der Waals surface area contributed by atoms with Crippen molar-refractivity contribution in [3.8, 4) is 0 Å². The minimum Gasteiger partial charge on any atom is -0.326 e. The van der Waals surface area contributed by atoms with Crippen LogP contribution in [-0.4, -0.2) is 16.7 Å². The van der Waals surface area contributed by atoms with Gasteiger partial charge >= 0.3 is 0 Å². The van der Waals surface area contributed by atoms with Crippen LogP contribution in [0.3, 0.4) is 0 Å². The Labute approximate surface area is 131 Å². The molecule has 1 aliphatic heterocycles. The molecule has 7 nitrogen and oxygen atoms in total. The molecule has 2 amide bonds. The van der Waals surface area contributed by atoms with Crippen LogP contribution in [0, 0.1) is 10.1 Å². The van der Waals surface area contributed by atoms with Gasteiger partial charge in [-0.25, -0.2) is 0 Å². The van der Waals surface area contributed by atoms with Crippen molar-refractivity contribution < 1.29 is 14.5 Å². The molecule has 7 heteroatoms. The highest BCUT2D eigenvalue weighted by molar-refractivity contribution is 6.05. The van der Waals surface area contributed by atoms with E-state index in [1.54, 1.807) is 30.3 Å². The number of nitrogens with zero attached hydrogens (tertiary/aromatic N) is 1. The van der Waals surface area contributed by atoms with E-state index in [4.69, 9.17) is 0 Å². The summed E-state index contributed by atoms with van der Waals surface area (Å²) in [4.78, 5) is 34.5. The van der Waals surface area contributed by atoms with Crippen molar-refractivity contribution in [3.63, 3.8) is 0 Å². The van der Waals surface area contributed by atoms with Crippen LogP contribution >= 0.6 is 0 Å². The first-order chi connectivity index (χ1) is 11.0. The quantitative estimate of drug-likeness (QED) is 0.672. The molecule has 2 aromatic carbocycles. The summed E-state index contributed by atoms with van der Waals surface area (Å²) >= 11 is 0. The Morgan fingerprint density at radius 1 is 1.22 bits per heavy atom. The van der Waals surface area contributed by atoms with Gasteiger partial charge < -0.3 is 10.6 Å². The maximum atomic E-state index is 12.5. The highest BCUT2D eigenvalue weighted by atomic mass is 16.6. The van der Waals surface area contributed by atoms with Gasteiger partial charge in [-0.05, 0) is 17.7 Å². The molecule has 0 fully saturated rings. The van der Waals surface area contributed by atoms with E-state index in [9.17, 15) is 19.7 Å². The van der Waals surface area contributed by atoms with Gasteiger partial charge in [0.25, 0.3) is 5.69 Å². The fourth-order valence-electron chi connectivity index (χ4n) is 2.57. The van der Waals surface area contributed by atoms with E-state index in [1.807, 2.05) is 0 Å². The summed E-state index contributed by atoms with van der Waals surface area (Å²) < 4.78 is 0. The first-order valence-electron chi connectivity index (χ1n) is 6.98. The zero-order valence-corrected chi connectivity index (χ0v) is 12.0. The molecule has 1 atom stereocenters. The first-order valence-corrected chi connectivity index (χ1v) is 6.98. The van der Waals surface area contributed by atoms with Crippen LogP contribution in [-0.2, 0) is 9.59 Å². The third kappa shape index (κ3) is 3.03. The van der Waals surface area contributed by atoms with Crippen LogP contribution < -0.4 is 10.6 Å². The molecule has 1 aliphatic rings. The number of hydrogen-bond donors (Lipinski definition) is 2. The molecule has 2 aromatic rings. The zero-order chi connectivity index (χ0) is 16.4. The minimum atomic E-state index is -0.626. The van der Waals surface area contributed by atoms with Gasteiger partial charge in [-0.3, -0.25) is 19.7 Å². The van der Waals surface area contributed by atoms with Crippen molar-refractivity contribution in [1.82, 2.24) is 0 Å². The molecule has 0 aliphatic carbocycles. The van der Waals surface area contributed by atoms with Gasteiger partial charge in [0.2, 0.25) is 11.8 Å². The lowest BCUT2D eigenvalue weighted by atomic mass is 9.90. The van der Waals surface area contributed by atoms with Crippen molar-refractivity contribution >= 4 is 28.9 Å². The second-order valence-corrected chi connectivity index (χ2v) is 5.19. The van der Waals surface area contributed by atoms with Crippen LogP contribution in [0.1, 0.15) is 17.9 Å². The lowest BCUT2D eigenvalue weighted by Gasteiger charge is -2.24. The summed E-state index contributed by atoms with van der Waals surface area (Å²) in [7, 11) is 0. The Kier molecular flexibility index (Phi) is 3.76. The monoisotopic (exact) mass is 311 g/mol. The molecular formula is C16H13N3O4. The summed E-state index contributed by atoms with van der Waals surface area (Å²) in [6, 6.07) is 12.8. The Hall–Kier alpha value is -3.22. The Bertz CT molecular complexity index is 803. The molecule has 0 saturated carbocycles. The smallest absolute Gasteiger partial charge is 0.271 e. The number of benzene rings is 2. The van der Waals surface area contributed by atoms with Gasteiger partial charge in [0.1, 0.15) is 0 Å². The number of para-hydroxylation sites is 1. The number of nitro groups is 1. The van der Waals surface area contributed by atoms with E-state index in [2.05, 4.69) is 10.6 Å². The van der Waals surface area contributed by atoms with Crippen LogP contribution in [0.15, 0.2) is 48.5 Å². The number of hydrogen-bond acceptors (Lipinski definition) is 4. The summed E-state index contributed by atoms with van der Waals surface area (Å²) in [5.74, 6) is -1.23. The molecule has 0 bridgehead atoms. The van der Waals surface area contributed by atoms with Crippen LogP contribution in [0.2, 0.25) is 0 Å². The molecule has 1 unspecified atom stereocenters. The van der Waals surface area contributed by atoms with E-state index in [1.165, 1.54) is 18.2 Å². The van der Waals surface area contributed by atoms with Crippen molar-refractivity contribution in [2.24, 2.45) is 0 Å². The number of nitro benzene ring substituents is 1. The van der Waals surface area contributed by atoms with Crippen LogP contribution in [0.4, 0.5) is 17.1 Å². The highest BCUT2D eigenvalue weighted by Crippen LogP contribution is 2.33.